The van der Waals surface area contributed by atoms with Crippen molar-refractivity contribution >= 4 is 0 Å². The molecule has 2 nitrogen and oxygen atoms in total. The van der Waals surface area contributed by atoms with E-state index in [4.69, 9.17) is 0 Å². The number of benzene rings is 2. The minimum absolute atomic E-state index is 0.170. The summed E-state index contributed by atoms with van der Waals surface area (Å²) in [7, 11) is 0. The molecule has 4 heteroatoms. The molecule has 0 saturated carbocycles. The molecule has 0 aromatic heterocycles. The van der Waals surface area contributed by atoms with Crippen LogP contribution in [-0.4, -0.2) is 13.2 Å². The molecular formula is C16H17F2NO. The van der Waals surface area contributed by atoms with Gasteiger partial charge in [0.15, 0.2) is 0 Å². The lowest BCUT2D eigenvalue weighted by atomic mass is 9.98. The van der Waals surface area contributed by atoms with Gasteiger partial charge >= 0.3 is 6.61 Å². The SMILES string of the molecule is CCNC(c1ccccc1)c1ccccc1OC(F)F. The predicted molar refractivity (Wildman–Crippen MR) is 75.0 cm³/mol. The van der Waals surface area contributed by atoms with Crippen molar-refractivity contribution in [3.8, 4) is 5.75 Å². The molecule has 106 valence electrons. The van der Waals surface area contributed by atoms with Gasteiger partial charge in [0.2, 0.25) is 0 Å². The van der Waals surface area contributed by atoms with Crippen molar-refractivity contribution in [2.45, 2.75) is 19.6 Å². The Hall–Kier alpha value is -1.94. The maximum absolute atomic E-state index is 12.5. The molecule has 0 aliphatic heterocycles. The monoisotopic (exact) mass is 277 g/mol. The van der Waals surface area contributed by atoms with Crippen LogP contribution in [0.2, 0.25) is 0 Å². The second kappa shape index (κ2) is 7.01. The number of hydrogen-bond donors (Lipinski definition) is 1. The number of ether oxygens (including phenoxy) is 1. The smallest absolute Gasteiger partial charge is 0.387 e. The molecule has 0 heterocycles. The number of nitrogens with one attached hydrogen (secondary N) is 1. The van der Waals surface area contributed by atoms with E-state index in [9.17, 15) is 8.78 Å². The molecule has 2 aromatic carbocycles. The number of halogens is 2. The quantitative estimate of drug-likeness (QED) is 0.862. The van der Waals surface area contributed by atoms with E-state index >= 15 is 0 Å². The molecule has 0 amide bonds. The van der Waals surface area contributed by atoms with E-state index in [2.05, 4.69) is 10.1 Å². The Morgan fingerprint density at radius 1 is 1.00 bits per heavy atom. The molecule has 1 unspecified atom stereocenters. The third-order valence-corrected chi connectivity index (χ3v) is 2.99. The lowest BCUT2D eigenvalue weighted by Gasteiger charge is -2.21. The van der Waals surface area contributed by atoms with Crippen molar-refractivity contribution in [3.05, 3.63) is 65.7 Å². The fourth-order valence-electron chi connectivity index (χ4n) is 2.18. The maximum atomic E-state index is 12.5. The predicted octanol–water partition coefficient (Wildman–Crippen LogP) is 3.99. The molecule has 1 N–H and O–H groups in total. The molecule has 2 rings (SSSR count). The van der Waals surface area contributed by atoms with E-state index in [1.165, 1.54) is 0 Å². The van der Waals surface area contributed by atoms with E-state index in [1.54, 1.807) is 18.2 Å². The minimum Gasteiger partial charge on any atom is -0.434 e. The molecule has 0 spiro atoms. The van der Waals surface area contributed by atoms with E-state index in [0.717, 1.165) is 12.1 Å². The first-order valence-corrected chi connectivity index (χ1v) is 6.54. The van der Waals surface area contributed by atoms with Gasteiger partial charge in [0.25, 0.3) is 0 Å². The van der Waals surface area contributed by atoms with Gasteiger partial charge in [-0.1, -0.05) is 55.5 Å². The highest BCUT2D eigenvalue weighted by Crippen LogP contribution is 2.30. The molecule has 2 aromatic rings. The van der Waals surface area contributed by atoms with E-state index in [1.807, 2.05) is 43.3 Å². The largest absolute Gasteiger partial charge is 0.434 e. The molecule has 0 aliphatic rings. The van der Waals surface area contributed by atoms with Crippen LogP contribution in [0, 0.1) is 0 Å². The molecule has 0 saturated heterocycles. The van der Waals surface area contributed by atoms with Crippen molar-refractivity contribution < 1.29 is 13.5 Å². The van der Waals surface area contributed by atoms with Crippen LogP contribution < -0.4 is 10.1 Å². The number of alkyl halides is 2. The van der Waals surface area contributed by atoms with Gasteiger partial charge in [-0.3, -0.25) is 0 Å². The van der Waals surface area contributed by atoms with Crippen LogP contribution in [0.15, 0.2) is 54.6 Å². The fourth-order valence-corrected chi connectivity index (χ4v) is 2.18. The van der Waals surface area contributed by atoms with Crippen molar-refractivity contribution in [1.29, 1.82) is 0 Å². The highest BCUT2D eigenvalue weighted by molar-refractivity contribution is 5.41. The summed E-state index contributed by atoms with van der Waals surface area (Å²) in [4.78, 5) is 0. The van der Waals surface area contributed by atoms with Crippen LogP contribution in [0.3, 0.4) is 0 Å². The third-order valence-electron chi connectivity index (χ3n) is 2.99. The van der Waals surface area contributed by atoms with Gasteiger partial charge in [-0.25, -0.2) is 0 Å². The lowest BCUT2D eigenvalue weighted by Crippen LogP contribution is -2.23. The first-order chi connectivity index (χ1) is 9.72. The Morgan fingerprint density at radius 3 is 2.30 bits per heavy atom. The van der Waals surface area contributed by atoms with Crippen LogP contribution in [-0.2, 0) is 0 Å². The highest BCUT2D eigenvalue weighted by Gasteiger charge is 2.18. The van der Waals surface area contributed by atoms with E-state index in [-0.39, 0.29) is 11.8 Å². The van der Waals surface area contributed by atoms with E-state index in [0.29, 0.717) is 5.56 Å². The topological polar surface area (TPSA) is 21.3 Å². The lowest BCUT2D eigenvalue weighted by molar-refractivity contribution is -0.0506. The maximum Gasteiger partial charge on any atom is 0.387 e. The minimum atomic E-state index is -2.82. The first-order valence-electron chi connectivity index (χ1n) is 6.54. The van der Waals surface area contributed by atoms with Crippen LogP contribution in [0.1, 0.15) is 24.1 Å². The zero-order chi connectivity index (χ0) is 14.4. The van der Waals surface area contributed by atoms with Gasteiger partial charge in [-0.05, 0) is 18.2 Å². The van der Waals surface area contributed by atoms with Crippen LogP contribution in [0.25, 0.3) is 0 Å². The summed E-state index contributed by atoms with van der Waals surface area (Å²) in [5, 5.41) is 3.30. The van der Waals surface area contributed by atoms with Crippen molar-refractivity contribution in [2.75, 3.05) is 6.54 Å². The summed E-state index contributed by atoms with van der Waals surface area (Å²) in [6.45, 7) is -0.121. The average molecular weight is 277 g/mol. The molecule has 0 bridgehead atoms. The fraction of sp³-hybridized carbons (Fsp3) is 0.250. The van der Waals surface area contributed by atoms with Gasteiger partial charge in [-0.2, -0.15) is 8.78 Å². The van der Waals surface area contributed by atoms with Gasteiger partial charge in [0, 0.05) is 5.56 Å². The molecule has 1 atom stereocenters. The number of hydrogen-bond acceptors (Lipinski definition) is 2. The van der Waals surface area contributed by atoms with Gasteiger partial charge in [-0.15, -0.1) is 0 Å². The summed E-state index contributed by atoms with van der Waals surface area (Å²) < 4.78 is 29.6. The average Bonchev–Trinajstić information content (AvgIpc) is 2.46. The molecule has 0 radical (unpaired) electrons. The number of rotatable bonds is 6. The zero-order valence-electron chi connectivity index (χ0n) is 11.2. The summed E-state index contributed by atoms with van der Waals surface area (Å²) in [6.07, 6.45) is 0. The van der Waals surface area contributed by atoms with Crippen molar-refractivity contribution in [3.63, 3.8) is 0 Å². The second-order valence-corrected chi connectivity index (χ2v) is 4.32. The standard InChI is InChI=1S/C16H17F2NO/c1-2-19-15(12-8-4-3-5-9-12)13-10-6-7-11-14(13)20-16(17)18/h3-11,15-16,19H,2H2,1H3. The zero-order valence-corrected chi connectivity index (χ0v) is 11.2. The van der Waals surface area contributed by atoms with Crippen LogP contribution in [0.5, 0.6) is 5.75 Å². The summed E-state index contributed by atoms with van der Waals surface area (Å²) >= 11 is 0. The second-order valence-electron chi connectivity index (χ2n) is 4.32. The highest BCUT2D eigenvalue weighted by atomic mass is 19.3. The van der Waals surface area contributed by atoms with Crippen molar-refractivity contribution in [1.82, 2.24) is 5.32 Å². The third kappa shape index (κ3) is 3.54. The Kier molecular flexibility index (Phi) is 5.07. The first kappa shape index (κ1) is 14.5. The normalized spacial score (nSPS) is 12.4. The van der Waals surface area contributed by atoms with Crippen molar-refractivity contribution in [2.24, 2.45) is 0 Å². The Labute approximate surface area is 117 Å². The molecule has 20 heavy (non-hydrogen) atoms. The summed E-state index contributed by atoms with van der Waals surface area (Å²) in [6, 6.07) is 16.4. The van der Waals surface area contributed by atoms with Crippen LogP contribution in [0.4, 0.5) is 8.78 Å². The van der Waals surface area contributed by atoms with Gasteiger partial charge in [0.1, 0.15) is 5.75 Å². The van der Waals surface area contributed by atoms with Gasteiger partial charge in [0.05, 0.1) is 6.04 Å². The van der Waals surface area contributed by atoms with Crippen LogP contribution >= 0.6 is 0 Å². The van der Waals surface area contributed by atoms with Gasteiger partial charge < -0.3 is 10.1 Å². The van der Waals surface area contributed by atoms with E-state index < -0.39 is 6.61 Å². The number of para-hydroxylation sites is 1. The Balaban J connectivity index is 2.39. The summed E-state index contributed by atoms with van der Waals surface area (Å²) in [5.74, 6) is 0.206. The summed E-state index contributed by atoms with van der Waals surface area (Å²) in [5.41, 5.74) is 1.72. The Morgan fingerprint density at radius 2 is 1.65 bits per heavy atom. The molecule has 0 aliphatic carbocycles. The molecule has 0 fully saturated rings. The Bertz CT molecular complexity index is 531. The molecular weight excluding hydrogens is 260 g/mol.